The summed E-state index contributed by atoms with van der Waals surface area (Å²) in [5.74, 6) is 0.229. The van der Waals surface area contributed by atoms with Crippen LogP contribution in [0.3, 0.4) is 0 Å². The van der Waals surface area contributed by atoms with Crippen molar-refractivity contribution in [1.29, 1.82) is 0 Å². The summed E-state index contributed by atoms with van der Waals surface area (Å²) >= 11 is 3.28. The number of nitrogens with zero attached hydrogens (tertiary/aromatic N) is 1. The number of hydrogen-bond acceptors (Lipinski definition) is 3. The van der Waals surface area contributed by atoms with Crippen LogP contribution >= 0.6 is 15.9 Å². The Morgan fingerprint density at radius 1 is 1.45 bits per heavy atom. The first-order valence-corrected chi connectivity index (χ1v) is 7.79. The van der Waals surface area contributed by atoms with E-state index >= 15 is 0 Å². The Labute approximate surface area is 128 Å². The number of phenols is 1. The third-order valence-corrected chi connectivity index (χ3v) is 4.67. The zero-order valence-corrected chi connectivity index (χ0v) is 13.3. The lowest BCUT2D eigenvalue weighted by Crippen LogP contribution is -2.45. The molecule has 1 aliphatic rings. The normalized spacial score (nSPS) is 22.6. The van der Waals surface area contributed by atoms with Crippen LogP contribution in [-0.4, -0.2) is 35.5 Å². The minimum atomic E-state index is -0.139. The number of benzene rings is 1. The number of hydrogen-bond donors (Lipinski definition) is 2. The van der Waals surface area contributed by atoms with Crippen molar-refractivity contribution in [1.82, 2.24) is 4.90 Å². The molecule has 0 spiro atoms. The first kappa shape index (κ1) is 15.3. The van der Waals surface area contributed by atoms with Crippen LogP contribution in [0.15, 0.2) is 22.7 Å². The van der Waals surface area contributed by atoms with Gasteiger partial charge in [0, 0.05) is 17.6 Å². The molecule has 3 N–H and O–H groups in total. The first-order valence-electron chi connectivity index (χ1n) is 7.00. The SMILES string of the molecule is CN(C(=O)c1ccc(Br)cc1O)C1CCCCC1CN. The van der Waals surface area contributed by atoms with E-state index in [1.54, 1.807) is 23.1 Å². The molecule has 1 aliphatic carbocycles. The maximum absolute atomic E-state index is 12.5. The van der Waals surface area contributed by atoms with E-state index in [4.69, 9.17) is 5.73 Å². The van der Waals surface area contributed by atoms with Crippen LogP contribution in [-0.2, 0) is 0 Å². The second kappa shape index (κ2) is 6.59. The van der Waals surface area contributed by atoms with E-state index < -0.39 is 0 Å². The molecular formula is C15H21BrN2O2. The monoisotopic (exact) mass is 340 g/mol. The van der Waals surface area contributed by atoms with Crippen molar-refractivity contribution in [3.8, 4) is 5.75 Å². The molecule has 2 rings (SSSR count). The van der Waals surface area contributed by atoms with Crippen molar-refractivity contribution in [3.63, 3.8) is 0 Å². The smallest absolute Gasteiger partial charge is 0.257 e. The minimum absolute atomic E-state index is 0.0105. The van der Waals surface area contributed by atoms with Gasteiger partial charge >= 0.3 is 0 Å². The van der Waals surface area contributed by atoms with Gasteiger partial charge in [-0.3, -0.25) is 4.79 Å². The number of halogens is 1. The summed E-state index contributed by atoms with van der Waals surface area (Å²) in [7, 11) is 1.81. The molecule has 0 saturated heterocycles. The van der Waals surface area contributed by atoms with Crippen molar-refractivity contribution < 1.29 is 9.90 Å². The number of aromatic hydroxyl groups is 1. The summed E-state index contributed by atoms with van der Waals surface area (Å²) in [6.45, 7) is 0.606. The van der Waals surface area contributed by atoms with Gasteiger partial charge in [-0.25, -0.2) is 0 Å². The van der Waals surface area contributed by atoms with Gasteiger partial charge in [0.2, 0.25) is 0 Å². The van der Waals surface area contributed by atoms with Crippen molar-refractivity contribution in [2.24, 2.45) is 11.7 Å². The lowest BCUT2D eigenvalue weighted by molar-refractivity contribution is 0.0617. The maximum Gasteiger partial charge on any atom is 0.257 e. The zero-order chi connectivity index (χ0) is 14.7. The van der Waals surface area contributed by atoms with Crippen LogP contribution in [0.4, 0.5) is 0 Å². The molecule has 1 fully saturated rings. The highest BCUT2D eigenvalue weighted by Gasteiger charge is 2.31. The molecule has 0 heterocycles. The van der Waals surface area contributed by atoms with Gasteiger partial charge in [-0.2, -0.15) is 0 Å². The molecule has 1 aromatic carbocycles. The average Bonchev–Trinajstić information content (AvgIpc) is 2.45. The summed E-state index contributed by atoms with van der Waals surface area (Å²) in [4.78, 5) is 14.3. The molecule has 0 aromatic heterocycles. The number of carbonyl (C=O) groups is 1. The molecule has 5 heteroatoms. The Morgan fingerprint density at radius 2 is 2.15 bits per heavy atom. The largest absolute Gasteiger partial charge is 0.507 e. The van der Waals surface area contributed by atoms with Crippen LogP contribution in [0.1, 0.15) is 36.0 Å². The second-order valence-electron chi connectivity index (χ2n) is 5.43. The van der Waals surface area contributed by atoms with Gasteiger partial charge in [0.05, 0.1) is 5.56 Å². The lowest BCUT2D eigenvalue weighted by Gasteiger charge is -2.37. The standard InChI is InChI=1S/C15H21BrN2O2/c1-18(13-5-3-2-4-10(13)9-17)15(20)12-7-6-11(16)8-14(12)19/h6-8,10,13,19H,2-5,9,17H2,1H3. The number of nitrogens with two attached hydrogens (primary N) is 1. The highest BCUT2D eigenvalue weighted by atomic mass is 79.9. The van der Waals surface area contributed by atoms with Crippen LogP contribution < -0.4 is 5.73 Å². The average molecular weight is 341 g/mol. The third kappa shape index (κ3) is 3.15. The lowest BCUT2D eigenvalue weighted by atomic mass is 9.83. The predicted molar refractivity (Wildman–Crippen MR) is 82.7 cm³/mol. The van der Waals surface area contributed by atoms with Gasteiger partial charge in [-0.05, 0) is 43.5 Å². The molecular weight excluding hydrogens is 320 g/mol. The van der Waals surface area contributed by atoms with Gasteiger partial charge in [0.1, 0.15) is 5.75 Å². The van der Waals surface area contributed by atoms with Gasteiger partial charge in [0.25, 0.3) is 5.91 Å². The van der Waals surface area contributed by atoms with Crippen LogP contribution in [0.25, 0.3) is 0 Å². The van der Waals surface area contributed by atoms with Gasteiger partial charge in [0.15, 0.2) is 0 Å². The van der Waals surface area contributed by atoms with E-state index in [0.717, 1.165) is 23.7 Å². The quantitative estimate of drug-likeness (QED) is 0.888. The first-order chi connectivity index (χ1) is 9.54. The Balaban J connectivity index is 2.18. The molecule has 2 unspecified atom stereocenters. The molecule has 0 radical (unpaired) electrons. The molecule has 1 amide bonds. The van der Waals surface area contributed by atoms with E-state index in [9.17, 15) is 9.90 Å². The Hall–Kier alpha value is -1.07. The fourth-order valence-corrected chi connectivity index (χ4v) is 3.35. The Bertz CT molecular complexity index is 493. The summed E-state index contributed by atoms with van der Waals surface area (Å²) < 4.78 is 0.756. The number of phenolic OH excluding ortho intramolecular Hbond substituents is 1. The van der Waals surface area contributed by atoms with Crippen molar-refractivity contribution in [2.75, 3.05) is 13.6 Å². The van der Waals surface area contributed by atoms with E-state index in [-0.39, 0.29) is 17.7 Å². The highest BCUT2D eigenvalue weighted by molar-refractivity contribution is 9.10. The van der Waals surface area contributed by atoms with Crippen LogP contribution in [0, 0.1) is 5.92 Å². The van der Waals surface area contributed by atoms with E-state index in [1.165, 1.54) is 6.42 Å². The van der Waals surface area contributed by atoms with Gasteiger partial charge in [-0.1, -0.05) is 28.8 Å². The third-order valence-electron chi connectivity index (χ3n) is 4.18. The zero-order valence-electron chi connectivity index (χ0n) is 11.7. The summed E-state index contributed by atoms with van der Waals surface area (Å²) in [6.07, 6.45) is 4.38. The molecule has 2 atom stereocenters. The van der Waals surface area contributed by atoms with Gasteiger partial charge in [-0.15, -0.1) is 0 Å². The molecule has 1 aromatic rings. The van der Waals surface area contributed by atoms with Gasteiger partial charge < -0.3 is 15.7 Å². The maximum atomic E-state index is 12.5. The molecule has 0 bridgehead atoms. The second-order valence-corrected chi connectivity index (χ2v) is 6.34. The predicted octanol–water partition coefficient (Wildman–Crippen LogP) is 2.74. The van der Waals surface area contributed by atoms with E-state index in [1.807, 2.05) is 7.05 Å². The summed E-state index contributed by atoms with van der Waals surface area (Å²) in [5.41, 5.74) is 6.17. The van der Waals surface area contributed by atoms with Crippen molar-refractivity contribution >= 4 is 21.8 Å². The topological polar surface area (TPSA) is 66.6 Å². The van der Waals surface area contributed by atoms with E-state index in [0.29, 0.717) is 18.0 Å². The Kier molecular flexibility index (Phi) is 5.05. The highest BCUT2D eigenvalue weighted by Crippen LogP contribution is 2.30. The molecule has 0 aliphatic heterocycles. The summed E-state index contributed by atoms with van der Waals surface area (Å²) in [6, 6.07) is 5.13. The minimum Gasteiger partial charge on any atom is -0.507 e. The molecule has 1 saturated carbocycles. The molecule has 20 heavy (non-hydrogen) atoms. The number of carbonyl (C=O) groups excluding carboxylic acids is 1. The van der Waals surface area contributed by atoms with E-state index in [2.05, 4.69) is 15.9 Å². The Morgan fingerprint density at radius 3 is 2.80 bits per heavy atom. The van der Waals surface area contributed by atoms with Crippen molar-refractivity contribution in [3.05, 3.63) is 28.2 Å². The van der Waals surface area contributed by atoms with Crippen LogP contribution in [0.5, 0.6) is 5.75 Å². The number of amides is 1. The summed E-state index contributed by atoms with van der Waals surface area (Å²) in [5, 5.41) is 9.93. The molecule has 4 nitrogen and oxygen atoms in total. The fourth-order valence-electron chi connectivity index (χ4n) is 3.00. The fraction of sp³-hybridized carbons (Fsp3) is 0.533. The van der Waals surface area contributed by atoms with Crippen LogP contribution in [0.2, 0.25) is 0 Å². The number of rotatable bonds is 3. The molecule has 110 valence electrons. The van der Waals surface area contributed by atoms with Crippen molar-refractivity contribution in [2.45, 2.75) is 31.7 Å².